The first-order valence-corrected chi connectivity index (χ1v) is 13.8. The number of carbonyl (C=O) groups excluding carboxylic acids is 3. The maximum Gasteiger partial charge on any atom is 0.433 e. The highest BCUT2D eigenvalue weighted by atomic mass is 32.2. The van der Waals surface area contributed by atoms with Crippen molar-refractivity contribution in [1.29, 1.82) is 0 Å². The van der Waals surface area contributed by atoms with Gasteiger partial charge in [-0.1, -0.05) is 61.0 Å². The van der Waals surface area contributed by atoms with Gasteiger partial charge in [0.05, 0.1) is 12.2 Å². The van der Waals surface area contributed by atoms with E-state index in [1.165, 1.54) is 23.1 Å². The maximum absolute atomic E-state index is 12.4. The van der Waals surface area contributed by atoms with Gasteiger partial charge in [-0.15, -0.1) is 11.8 Å². The van der Waals surface area contributed by atoms with Crippen LogP contribution < -0.4 is 5.32 Å². The molecule has 0 spiro atoms. The van der Waals surface area contributed by atoms with Gasteiger partial charge in [-0.25, -0.2) is 4.79 Å². The number of allylic oxidation sites excluding steroid dienone is 2. The van der Waals surface area contributed by atoms with E-state index in [1.807, 2.05) is 24.3 Å². The molecule has 0 aliphatic heterocycles. The molecule has 1 fully saturated rings. The molecule has 1 aliphatic rings. The van der Waals surface area contributed by atoms with E-state index in [2.05, 4.69) is 61.2 Å². The van der Waals surface area contributed by atoms with Crippen molar-refractivity contribution in [3.05, 3.63) is 71.2 Å². The molecule has 1 saturated carbocycles. The summed E-state index contributed by atoms with van der Waals surface area (Å²) in [4.78, 5) is 40.1. The topological polar surface area (TPSA) is 110 Å². The molecule has 2 unspecified atom stereocenters. The average Bonchev–Trinajstić information content (AvgIpc) is 3.19. The minimum Gasteiger partial charge on any atom is -0.469 e. The molecule has 0 saturated heterocycles. The summed E-state index contributed by atoms with van der Waals surface area (Å²) in [6, 6.07) is 12.1. The Morgan fingerprint density at radius 1 is 1.15 bits per heavy atom. The number of thioether (sulfide) groups is 1. The number of rotatable bonds is 7. The first-order valence-electron chi connectivity index (χ1n) is 12.5. The third-order valence-corrected chi connectivity index (χ3v) is 6.82. The highest BCUT2D eigenvalue weighted by Gasteiger charge is 2.61. The average molecular weight is 558 g/mol. The molecule has 2 atom stereocenters. The van der Waals surface area contributed by atoms with Crippen LogP contribution in [0.15, 0.2) is 63.9 Å². The van der Waals surface area contributed by atoms with Crippen LogP contribution in [0.1, 0.15) is 44.6 Å². The van der Waals surface area contributed by atoms with Gasteiger partial charge in [0, 0.05) is 33.1 Å². The molecule has 2 amide bonds. The van der Waals surface area contributed by atoms with E-state index < -0.39 is 6.09 Å². The van der Waals surface area contributed by atoms with Crippen LogP contribution in [0.2, 0.25) is 0 Å². The first kappa shape index (κ1) is 31.7. The van der Waals surface area contributed by atoms with Gasteiger partial charge in [0.25, 0.3) is 5.91 Å². The molecule has 1 N–H and O–H groups in total. The van der Waals surface area contributed by atoms with Crippen molar-refractivity contribution in [2.45, 2.75) is 40.7 Å². The van der Waals surface area contributed by atoms with Gasteiger partial charge in [0.1, 0.15) is 12.4 Å². The Labute approximate surface area is 235 Å². The van der Waals surface area contributed by atoms with E-state index in [4.69, 9.17) is 9.15 Å². The predicted octanol–water partition coefficient (Wildman–Crippen LogP) is 5.26. The number of nitrogens with zero attached hydrogens (tertiary/aromatic N) is 2. The first-order chi connectivity index (χ1) is 18.4. The molecule has 0 radical (unpaired) electrons. The summed E-state index contributed by atoms with van der Waals surface area (Å²) in [5.41, 5.74) is 3.33. The summed E-state index contributed by atoms with van der Waals surface area (Å²) in [6.45, 7) is 8.65. The number of esters is 1. The van der Waals surface area contributed by atoms with Crippen LogP contribution in [-0.4, -0.2) is 55.3 Å². The largest absolute Gasteiger partial charge is 0.469 e. The van der Waals surface area contributed by atoms with E-state index in [1.54, 1.807) is 26.6 Å². The fourth-order valence-electron chi connectivity index (χ4n) is 3.92. The Balaban J connectivity index is 0.000000326. The second-order valence-electron chi connectivity index (χ2n) is 10.2. The molecule has 1 aromatic carbocycles. The Kier molecular flexibility index (Phi) is 11.8. The molecular weight excluding hydrogens is 518 g/mol. The van der Waals surface area contributed by atoms with E-state index in [9.17, 15) is 14.4 Å². The smallest absolute Gasteiger partial charge is 0.433 e. The lowest BCUT2D eigenvalue weighted by Gasteiger charge is -2.09. The Morgan fingerprint density at radius 3 is 2.38 bits per heavy atom. The number of nitrogens with one attached hydrogen (secondary N) is 1. The molecule has 1 heterocycles. The number of benzene rings is 1. The van der Waals surface area contributed by atoms with E-state index >= 15 is 0 Å². The molecule has 1 aliphatic carbocycles. The predicted molar refractivity (Wildman–Crippen MR) is 153 cm³/mol. The Bertz CT molecular complexity index is 1180. The lowest BCUT2D eigenvalue weighted by Crippen LogP contribution is -2.28. The number of hydrogen-bond donors (Lipinski definition) is 1. The molecular formula is C29H39N3O6S. The number of hydrogen-bond acceptors (Lipinski definition) is 8. The zero-order valence-electron chi connectivity index (χ0n) is 23.9. The number of furan rings is 1. The summed E-state index contributed by atoms with van der Waals surface area (Å²) in [5, 5.41) is 5.74. The summed E-state index contributed by atoms with van der Waals surface area (Å²) in [6.07, 6.45) is 5.57. The second kappa shape index (κ2) is 14.6. The van der Waals surface area contributed by atoms with Crippen molar-refractivity contribution in [1.82, 2.24) is 10.2 Å². The standard InChI is InChI=1S/C22H26O3.C7H13N3O3S/c1-15(2)10-19-20(22(19,3)4)21(23)25-14-17-12-18(24-13-17)11-16-8-6-5-7-9-16;1-8-7(12)13-9-5(14-4)6(11)10(2)3/h5-10,12-13,19-20H,11,14H2,1-4H3;1-4H3,(H,8,12). The van der Waals surface area contributed by atoms with E-state index in [-0.39, 0.29) is 40.8 Å². The number of amides is 2. The SMILES string of the molecule is CC(C)=CC1C(C(=O)OCc2coc(Cc3ccccc3)c2)C1(C)C.CNC(=O)ON=C(SC)C(=O)N(C)C. The summed E-state index contributed by atoms with van der Waals surface area (Å²) in [7, 11) is 4.59. The van der Waals surface area contributed by atoms with Crippen molar-refractivity contribution in [2.75, 3.05) is 27.4 Å². The third-order valence-electron chi connectivity index (χ3n) is 6.19. The normalized spacial score (nSPS) is 17.2. The number of oxime groups is 1. The molecule has 0 bridgehead atoms. The van der Waals surface area contributed by atoms with Crippen molar-refractivity contribution in [3.8, 4) is 0 Å². The Morgan fingerprint density at radius 2 is 1.82 bits per heavy atom. The zero-order valence-corrected chi connectivity index (χ0v) is 24.8. The molecule has 2 aromatic rings. The van der Waals surface area contributed by atoms with Crippen LogP contribution in [0.4, 0.5) is 4.79 Å². The van der Waals surface area contributed by atoms with E-state index in [0.29, 0.717) is 0 Å². The van der Waals surface area contributed by atoms with Gasteiger partial charge in [0.15, 0.2) is 0 Å². The fraction of sp³-hybridized carbons (Fsp3) is 0.448. The minimum absolute atomic E-state index is 0.0107. The highest BCUT2D eigenvalue weighted by molar-refractivity contribution is 8.15. The van der Waals surface area contributed by atoms with Crippen LogP contribution in [0.25, 0.3) is 0 Å². The number of ether oxygens (including phenoxy) is 1. The Hall–Kier alpha value is -3.53. The van der Waals surface area contributed by atoms with Gasteiger partial charge in [0.2, 0.25) is 5.04 Å². The van der Waals surface area contributed by atoms with Crippen LogP contribution >= 0.6 is 11.8 Å². The van der Waals surface area contributed by atoms with Crippen LogP contribution in [0.5, 0.6) is 0 Å². The fourth-order valence-corrected chi connectivity index (χ4v) is 4.39. The molecule has 3 rings (SSSR count). The van der Waals surface area contributed by atoms with Gasteiger partial charge in [-0.05, 0) is 43.1 Å². The van der Waals surface area contributed by atoms with Gasteiger partial charge in [-0.3, -0.25) is 14.4 Å². The lowest BCUT2D eigenvalue weighted by atomic mass is 10.1. The van der Waals surface area contributed by atoms with Crippen molar-refractivity contribution < 1.29 is 28.4 Å². The third kappa shape index (κ3) is 9.62. The highest BCUT2D eigenvalue weighted by Crippen LogP contribution is 2.59. The van der Waals surface area contributed by atoms with Crippen LogP contribution in [0, 0.1) is 17.3 Å². The minimum atomic E-state index is -0.705. The van der Waals surface area contributed by atoms with Gasteiger partial charge < -0.3 is 19.4 Å². The molecule has 39 heavy (non-hydrogen) atoms. The van der Waals surface area contributed by atoms with Crippen molar-refractivity contribution in [2.24, 2.45) is 22.4 Å². The number of carbonyl (C=O) groups is 3. The maximum atomic E-state index is 12.4. The summed E-state index contributed by atoms with van der Waals surface area (Å²) < 4.78 is 11.1. The van der Waals surface area contributed by atoms with Gasteiger partial charge in [-0.2, -0.15) is 0 Å². The lowest BCUT2D eigenvalue weighted by molar-refractivity contribution is -0.147. The quantitative estimate of drug-likeness (QED) is 0.123. The van der Waals surface area contributed by atoms with Crippen molar-refractivity contribution in [3.63, 3.8) is 0 Å². The van der Waals surface area contributed by atoms with Crippen LogP contribution in [-0.2, 0) is 32.2 Å². The molecule has 9 nitrogen and oxygen atoms in total. The summed E-state index contributed by atoms with van der Waals surface area (Å²) in [5.74, 6) is 0.701. The summed E-state index contributed by atoms with van der Waals surface area (Å²) >= 11 is 1.11. The van der Waals surface area contributed by atoms with Crippen LogP contribution in [0.3, 0.4) is 0 Å². The van der Waals surface area contributed by atoms with Crippen molar-refractivity contribution >= 4 is 34.8 Å². The van der Waals surface area contributed by atoms with Gasteiger partial charge >= 0.3 is 12.1 Å². The molecule has 1 aromatic heterocycles. The van der Waals surface area contributed by atoms with E-state index in [0.717, 1.165) is 29.5 Å². The monoisotopic (exact) mass is 557 g/mol. The second-order valence-corrected chi connectivity index (χ2v) is 11.0. The zero-order chi connectivity index (χ0) is 29.2. The molecule has 212 valence electrons. The molecule has 10 heteroatoms.